The van der Waals surface area contributed by atoms with Crippen LogP contribution in [0.1, 0.15) is 15.9 Å². The van der Waals surface area contributed by atoms with Crippen molar-refractivity contribution in [3.63, 3.8) is 0 Å². The summed E-state index contributed by atoms with van der Waals surface area (Å²) in [6.07, 6.45) is 1.42. The lowest BCUT2D eigenvalue weighted by Gasteiger charge is -2.13. The van der Waals surface area contributed by atoms with Gasteiger partial charge in [0.2, 0.25) is 5.13 Å². The Morgan fingerprint density at radius 3 is 2.55 bits per heavy atom. The van der Waals surface area contributed by atoms with Crippen molar-refractivity contribution < 1.29 is 9.72 Å². The van der Waals surface area contributed by atoms with E-state index >= 15 is 0 Å². The minimum Gasteiger partial charge on any atom is -0.267 e. The number of anilines is 1. The second kappa shape index (κ2) is 9.01. The minimum atomic E-state index is -0.496. The Morgan fingerprint density at radius 2 is 1.90 bits per heavy atom. The number of thiazole rings is 1. The molecule has 0 atom stereocenters. The lowest BCUT2D eigenvalue weighted by atomic mass is 10.2. The van der Waals surface area contributed by atoms with Gasteiger partial charge in [-0.05, 0) is 42.0 Å². The minimum absolute atomic E-state index is 0.0403. The predicted octanol–water partition coefficient (Wildman–Crippen LogP) is 7.02. The van der Waals surface area contributed by atoms with Gasteiger partial charge >= 0.3 is 0 Å². The summed E-state index contributed by atoms with van der Waals surface area (Å²) < 4.78 is 2.37. The summed E-state index contributed by atoms with van der Waals surface area (Å²) in [5.41, 5.74) is 1.45. The van der Waals surface area contributed by atoms with Crippen LogP contribution in [-0.2, 0) is 0 Å². The van der Waals surface area contributed by atoms with Crippen LogP contribution in [-0.4, -0.2) is 22.0 Å². The van der Waals surface area contributed by atoms with Crippen molar-refractivity contribution in [2.24, 2.45) is 5.10 Å². The highest BCUT2D eigenvalue weighted by Crippen LogP contribution is 2.35. The molecule has 31 heavy (non-hydrogen) atoms. The number of nitrogens with zero attached hydrogens (tertiary/aromatic N) is 4. The van der Waals surface area contributed by atoms with E-state index in [0.717, 1.165) is 25.5 Å². The third-order valence-electron chi connectivity index (χ3n) is 4.03. The van der Waals surface area contributed by atoms with Gasteiger partial charge in [0.05, 0.1) is 31.3 Å². The molecular formula is C19H9BrCl2N4O3S2. The van der Waals surface area contributed by atoms with Gasteiger partial charge in [-0.15, -0.1) is 11.3 Å². The van der Waals surface area contributed by atoms with Gasteiger partial charge in [0.15, 0.2) is 0 Å². The number of thiophene rings is 1. The smallest absolute Gasteiger partial charge is 0.267 e. The number of nitro groups is 1. The number of hydrazone groups is 1. The molecule has 0 radical (unpaired) electrons. The molecule has 2 aromatic heterocycles. The van der Waals surface area contributed by atoms with Crippen LogP contribution in [0.4, 0.5) is 10.8 Å². The zero-order valence-corrected chi connectivity index (χ0v) is 19.9. The Balaban J connectivity index is 1.75. The highest BCUT2D eigenvalue weighted by Gasteiger charge is 2.25. The number of hydrogen-bond acceptors (Lipinski definition) is 7. The summed E-state index contributed by atoms with van der Waals surface area (Å²) in [4.78, 5) is 28.1. The third kappa shape index (κ3) is 4.78. The number of non-ortho nitro benzene ring substituents is 1. The number of halogens is 3. The number of hydrogen-bond donors (Lipinski definition) is 0. The second-order valence-corrected chi connectivity index (χ2v) is 10.3. The van der Waals surface area contributed by atoms with Gasteiger partial charge in [-0.1, -0.05) is 50.5 Å². The maximum Gasteiger partial charge on any atom is 0.283 e. The molecule has 0 aliphatic heterocycles. The van der Waals surface area contributed by atoms with Crippen LogP contribution in [0.3, 0.4) is 0 Å². The van der Waals surface area contributed by atoms with Crippen molar-refractivity contribution in [3.8, 4) is 0 Å². The predicted molar refractivity (Wildman–Crippen MR) is 129 cm³/mol. The molecule has 4 rings (SSSR count). The number of benzene rings is 2. The van der Waals surface area contributed by atoms with E-state index in [9.17, 15) is 14.9 Å². The highest BCUT2D eigenvalue weighted by atomic mass is 79.9. The van der Waals surface area contributed by atoms with Crippen molar-refractivity contribution in [2.45, 2.75) is 0 Å². The summed E-state index contributed by atoms with van der Waals surface area (Å²) in [6, 6.07) is 12.9. The van der Waals surface area contributed by atoms with E-state index in [1.807, 2.05) is 18.2 Å². The first-order valence-electron chi connectivity index (χ1n) is 8.45. The Labute approximate surface area is 201 Å². The standard InChI is InChI=1S/C19H9BrCl2N4O3S2/c20-11-3-6-14-15(7-11)30-19(24-14)25(18(27)13-8-16(21)31-17(13)22)23-9-10-1-4-12(5-2-10)26(28)29/h1-9H/b23-9+. The molecule has 1 amide bonds. The van der Waals surface area contributed by atoms with Crippen LogP contribution in [0.25, 0.3) is 10.2 Å². The molecule has 0 saturated heterocycles. The molecule has 0 saturated carbocycles. The highest BCUT2D eigenvalue weighted by molar-refractivity contribution is 9.10. The fourth-order valence-corrected chi connectivity index (χ4v) is 5.49. The number of carbonyl (C=O) groups is 1. The van der Waals surface area contributed by atoms with Crippen LogP contribution in [0.5, 0.6) is 0 Å². The SMILES string of the molecule is O=C(c1cc(Cl)sc1Cl)N(/N=C/c1ccc([N+](=O)[O-])cc1)c1nc2ccc(Br)cc2s1. The molecule has 0 fully saturated rings. The molecule has 0 aliphatic carbocycles. The summed E-state index contributed by atoms with van der Waals surface area (Å²) >= 11 is 18.0. The second-order valence-electron chi connectivity index (χ2n) is 6.06. The van der Waals surface area contributed by atoms with E-state index in [-0.39, 0.29) is 15.6 Å². The van der Waals surface area contributed by atoms with E-state index in [1.54, 1.807) is 0 Å². The Hall–Kier alpha value is -2.37. The molecule has 0 spiro atoms. The summed E-state index contributed by atoms with van der Waals surface area (Å²) in [5, 5.41) is 16.6. The molecular weight excluding hydrogens is 547 g/mol. The molecule has 156 valence electrons. The maximum atomic E-state index is 13.2. The maximum absolute atomic E-state index is 13.2. The average molecular weight is 556 g/mol. The quantitative estimate of drug-likeness (QED) is 0.150. The van der Waals surface area contributed by atoms with Crippen LogP contribution in [0.15, 0.2) is 58.1 Å². The first kappa shape index (κ1) is 21.8. The van der Waals surface area contributed by atoms with Crippen LogP contribution >= 0.6 is 61.8 Å². The molecule has 0 aliphatic rings. The fourth-order valence-electron chi connectivity index (χ4n) is 2.57. The van der Waals surface area contributed by atoms with Gasteiger partial charge in [-0.2, -0.15) is 10.1 Å². The molecule has 4 aromatic rings. The van der Waals surface area contributed by atoms with E-state index < -0.39 is 10.8 Å². The number of amides is 1. The third-order valence-corrected chi connectivity index (χ3v) is 7.00. The van der Waals surface area contributed by atoms with Gasteiger partial charge in [0.1, 0.15) is 4.34 Å². The largest absolute Gasteiger partial charge is 0.283 e. The van der Waals surface area contributed by atoms with Gasteiger partial charge in [0, 0.05) is 16.6 Å². The van der Waals surface area contributed by atoms with Crippen LogP contribution in [0, 0.1) is 10.1 Å². The molecule has 0 unspecified atom stereocenters. The van der Waals surface area contributed by atoms with Crippen molar-refractivity contribution in [2.75, 3.05) is 5.01 Å². The molecule has 2 heterocycles. The number of aromatic nitrogens is 1. The molecule has 12 heteroatoms. The number of nitro benzene ring substituents is 1. The van der Waals surface area contributed by atoms with Gasteiger partial charge in [-0.3, -0.25) is 14.9 Å². The van der Waals surface area contributed by atoms with Crippen molar-refractivity contribution >= 4 is 95.0 Å². The fraction of sp³-hybridized carbons (Fsp3) is 0. The van der Waals surface area contributed by atoms with E-state index in [2.05, 4.69) is 26.0 Å². The molecule has 0 bridgehead atoms. The summed E-state index contributed by atoms with van der Waals surface area (Å²) in [5.74, 6) is -0.496. The molecule has 0 N–H and O–H groups in total. The topological polar surface area (TPSA) is 88.7 Å². The first-order chi connectivity index (χ1) is 14.8. The molecule has 7 nitrogen and oxygen atoms in total. The lowest BCUT2D eigenvalue weighted by molar-refractivity contribution is -0.384. The van der Waals surface area contributed by atoms with Crippen LogP contribution < -0.4 is 5.01 Å². The summed E-state index contributed by atoms with van der Waals surface area (Å²) in [7, 11) is 0. The number of rotatable bonds is 5. The van der Waals surface area contributed by atoms with E-state index in [1.165, 1.54) is 47.9 Å². The summed E-state index contributed by atoms with van der Waals surface area (Å²) in [6.45, 7) is 0. The van der Waals surface area contributed by atoms with Crippen molar-refractivity contribution in [3.05, 3.63) is 82.9 Å². The van der Waals surface area contributed by atoms with E-state index in [0.29, 0.717) is 20.5 Å². The van der Waals surface area contributed by atoms with Crippen molar-refractivity contribution in [1.82, 2.24) is 4.98 Å². The Morgan fingerprint density at radius 1 is 1.16 bits per heavy atom. The average Bonchev–Trinajstić information content (AvgIpc) is 3.30. The Kier molecular flexibility index (Phi) is 6.35. The number of carbonyl (C=O) groups excluding carboxylic acids is 1. The lowest BCUT2D eigenvalue weighted by Crippen LogP contribution is -2.25. The number of fused-ring (bicyclic) bond motifs is 1. The molecule has 2 aromatic carbocycles. The van der Waals surface area contributed by atoms with Gasteiger partial charge < -0.3 is 0 Å². The first-order valence-corrected chi connectivity index (χ1v) is 11.6. The monoisotopic (exact) mass is 554 g/mol. The zero-order chi connectivity index (χ0) is 22.1. The zero-order valence-electron chi connectivity index (χ0n) is 15.2. The van der Waals surface area contributed by atoms with Gasteiger partial charge in [0.25, 0.3) is 11.6 Å². The Bertz CT molecular complexity index is 1340. The van der Waals surface area contributed by atoms with Gasteiger partial charge in [-0.25, -0.2) is 4.98 Å². The normalized spacial score (nSPS) is 11.3. The van der Waals surface area contributed by atoms with E-state index in [4.69, 9.17) is 23.2 Å². The van der Waals surface area contributed by atoms with Crippen molar-refractivity contribution in [1.29, 1.82) is 0 Å². The van der Waals surface area contributed by atoms with Crippen LogP contribution in [0.2, 0.25) is 8.67 Å².